The minimum atomic E-state index is -1.16. The Morgan fingerprint density at radius 1 is 1.11 bits per heavy atom. The fourth-order valence-electron chi connectivity index (χ4n) is 2.71. The number of phenols is 2. The maximum Gasteiger partial charge on any atom is 0.335 e. The second-order valence-corrected chi connectivity index (χ2v) is 7.86. The first-order valence-electron chi connectivity index (χ1n) is 9.41. The van der Waals surface area contributed by atoms with Crippen LogP contribution in [0.4, 0.5) is 0 Å². The maximum atomic E-state index is 11.1. The monoisotopic (exact) mass is 392 g/mol. The van der Waals surface area contributed by atoms with Gasteiger partial charge in [-0.3, -0.25) is 0 Å². The van der Waals surface area contributed by atoms with E-state index in [1.165, 1.54) is 6.07 Å². The number of hydrogen-bond donors (Lipinski definition) is 5. The molecule has 0 radical (unpaired) electrons. The molecular formula is C22H32O6. The largest absolute Gasteiger partial charge is 0.504 e. The summed E-state index contributed by atoms with van der Waals surface area (Å²) < 4.78 is 0. The molecule has 6 nitrogen and oxygen atoms in total. The van der Waals surface area contributed by atoms with Gasteiger partial charge in [0.2, 0.25) is 0 Å². The Labute approximate surface area is 166 Å². The Morgan fingerprint density at radius 3 is 2.29 bits per heavy atom. The summed E-state index contributed by atoms with van der Waals surface area (Å²) in [6.07, 6.45) is 6.40. The van der Waals surface area contributed by atoms with E-state index in [9.17, 15) is 25.2 Å². The average molecular weight is 392 g/mol. The molecule has 28 heavy (non-hydrogen) atoms. The molecule has 1 rings (SSSR count). The van der Waals surface area contributed by atoms with Crippen molar-refractivity contribution >= 4 is 5.97 Å². The highest BCUT2D eigenvalue weighted by Gasteiger charge is 2.23. The second kappa shape index (κ2) is 10.3. The number of aromatic carboxylic acids is 1. The number of hydrogen-bond acceptors (Lipinski definition) is 5. The van der Waals surface area contributed by atoms with E-state index in [-0.39, 0.29) is 11.3 Å². The Morgan fingerprint density at radius 2 is 1.71 bits per heavy atom. The lowest BCUT2D eigenvalue weighted by Gasteiger charge is -2.24. The number of aromatic hydroxyl groups is 2. The lowest BCUT2D eigenvalue weighted by Crippen LogP contribution is -2.35. The fraction of sp³-hybridized carbons (Fsp3) is 0.500. The van der Waals surface area contributed by atoms with Gasteiger partial charge in [-0.1, -0.05) is 23.3 Å². The van der Waals surface area contributed by atoms with Crippen molar-refractivity contribution in [3.05, 3.63) is 46.6 Å². The molecule has 0 aliphatic carbocycles. The first-order chi connectivity index (χ1) is 12.9. The molecule has 0 spiro atoms. The topological polar surface area (TPSA) is 118 Å². The molecule has 0 heterocycles. The van der Waals surface area contributed by atoms with E-state index in [1.807, 2.05) is 19.9 Å². The Bertz CT molecular complexity index is 740. The summed E-state index contributed by atoms with van der Waals surface area (Å²) >= 11 is 0. The predicted octanol–water partition coefficient (Wildman–Crippen LogP) is 3.92. The van der Waals surface area contributed by atoms with Crippen LogP contribution < -0.4 is 0 Å². The van der Waals surface area contributed by atoms with Gasteiger partial charge in [-0.2, -0.15) is 0 Å². The number of carboxylic acid groups (broad SMARTS) is 1. The predicted molar refractivity (Wildman–Crippen MR) is 109 cm³/mol. The van der Waals surface area contributed by atoms with Gasteiger partial charge in [0.25, 0.3) is 0 Å². The quantitative estimate of drug-likeness (QED) is 0.304. The van der Waals surface area contributed by atoms with E-state index in [2.05, 4.69) is 6.08 Å². The Hall–Kier alpha value is -2.31. The van der Waals surface area contributed by atoms with Gasteiger partial charge >= 0.3 is 5.97 Å². The number of aliphatic hydroxyl groups is 2. The second-order valence-electron chi connectivity index (χ2n) is 7.86. The molecule has 0 amide bonds. The molecule has 0 aliphatic heterocycles. The van der Waals surface area contributed by atoms with Gasteiger partial charge in [-0.25, -0.2) is 4.79 Å². The first-order valence-corrected chi connectivity index (χ1v) is 9.41. The first kappa shape index (κ1) is 23.7. The lowest BCUT2D eigenvalue weighted by molar-refractivity contribution is -0.0509. The lowest BCUT2D eigenvalue weighted by atomic mass is 9.95. The van der Waals surface area contributed by atoms with Crippen LogP contribution in [-0.2, 0) is 6.42 Å². The van der Waals surface area contributed by atoms with Crippen LogP contribution in [0.1, 0.15) is 69.3 Å². The van der Waals surface area contributed by atoms with Crippen molar-refractivity contribution in [1.82, 2.24) is 0 Å². The molecule has 0 aromatic heterocycles. The fourth-order valence-corrected chi connectivity index (χ4v) is 2.71. The SMILES string of the molecule is CC(=CCc1cc(C(=O)O)cc(O)c1O)CCC=C(C)CCC(O)C(C)(C)O. The summed E-state index contributed by atoms with van der Waals surface area (Å²) in [5, 5.41) is 48.2. The van der Waals surface area contributed by atoms with Crippen LogP contribution in [0.5, 0.6) is 11.5 Å². The van der Waals surface area contributed by atoms with E-state index < -0.39 is 23.4 Å². The molecule has 6 heteroatoms. The highest BCUT2D eigenvalue weighted by Crippen LogP contribution is 2.31. The van der Waals surface area contributed by atoms with Crippen LogP contribution in [0.15, 0.2) is 35.4 Å². The highest BCUT2D eigenvalue weighted by molar-refractivity contribution is 5.89. The molecule has 0 saturated heterocycles. The van der Waals surface area contributed by atoms with Crippen molar-refractivity contribution < 1.29 is 30.3 Å². The Balaban J connectivity index is 2.59. The van der Waals surface area contributed by atoms with Crippen molar-refractivity contribution in [3.63, 3.8) is 0 Å². The van der Waals surface area contributed by atoms with Crippen LogP contribution in [0.2, 0.25) is 0 Å². The number of carboxylic acids is 1. The van der Waals surface area contributed by atoms with Crippen molar-refractivity contribution in [2.75, 3.05) is 0 Å². The molecular weight excluding hydrogens is 360 g/mol. The minimum absolute atomic E-state index is 0.0665. The van der Waals surface area contributed by atoms with Gasteiger partial charge in [0, 0.05) is 5.56 Å². The summed E-state index contributed by atoms with van der Waals surface area (Å²) in [7, 11) is 0. The van der Waals surface area contributed by atoms with Gasteiger partial charge < -0.3 is 25.5 Å². The molecule has 0 fully saturated rings. The number of carbonyl (C=O) groups is 1. The molecule has 1 atom stereocenters. The standard InChI is InChI=1S/C22H32O6/c1-14(6-5-7-15(2)9-11-19(24)22(3,4)28)8-10-16-12-17(21(26)27)13-18(23)20(16)25/h7-8,12-13,19,23-25,28H,5-6,9-11H2,1-4H3,(H,26,27). The van der Waals surface area contributed by atoms with Gasteiger partial charge in [-0.15, -0.1) is 0 Å². The zero-order chi connectivity index (χ0) is 21.5. The van der Waals surface area contributed by atoms with Crippen LogP contribution in [-0.4, -0.2) is 43.2 Å². The van der Waals surface area contributed by atoms with Crippen molar-refractivity contribution in [2.45, 2.75) is 71.5 Å². The van der Waals surface area contributed by atoms with Crippen LogP contribution in [0.3, 0.4) is 0 Å². The molecule has 5 N–H and O–H groups in total. The number of phenolic OH excluding ortho intramolecular Hbond substituents is 2. The van der Waals surface area contributed by atoms with Crippen LogP contribution >= 0.6 is 0 Å². The van der Waals surface area contributed by atoms with Crippen LogP contribution in [0, 0.1) is 0 Å². The smallest absolute Gasteiger partial charge is 0.335 e. The van der Waals surface area contributed by atoms with E-state index >= 15 is 0 Å². The maximum absolute atomic E-state index is 11.1. The summed E-state index contributed by atoms with van der Waals surface area (Å²) in [5.41, 5.74) is 1.43. The summed E-state index contributed by atoms with van der Waals surface area (Å²) in [6.45, 7) is 7.14. The number of rotatable bonds is 10. The van der Waals surface area contributed by atoms with E-state index in [0.29, 0.717) is 24.8 Å². The number of aliphatic hydroxyl groups excluding tert-OH is 1. The average Bonchev–Trinajstić information content (AvgIpc) is 2.59. The molecule has 1 aromatic rings. The zero-order valence-electron chi connectivity index (χ0n) is 17.1. The van der Waals surface area contributed by atoms with Gasteiger partial charge in [0.05, 0.1) is 17.3 Å². The molecule has 0 saturated carbocycles. The molecule has 156 valence electrons. The van der Waals surface area contributed by atoms with Gasteiger partial charge in [-0.05, 0) is 71.9 Å². The Kier molecular flexibility index (Phi) is 8.72. The molecule has 0 bridgehead atoms. The third-order valence-corrected chi connectivity index (χ3v) is 4.75. The third-order valence-electron chi connectivity index (χ3n) is 4.75. The summed E-state index contributed by atoms with van der Waals surface area (Å²) in [4.78, 5) is 11.1. The van der Waals surface area contributed by atoms with E-state index in [0.717, 1.165) is 30.1 Å². The van der Waals surface area contributed by atoms with Crippen LogP contribution in [0.25, 0.3) is 0 Å². The minimum Gasteiger partial charge on any atom is -0.504 e. The summed E-state index contributed by atoms with van der Waals surface area (Å²) in [6, 6.07) is 2.39. The molecule has 1 unspecified atom stereocenters. The summed E-state index contributed by atoms with van der Waals surface area (Å²) in [5.74, 6) is -1.89. The third kappa shape index (κ3) is 7.74. The van der Waals surface area contributed by atoms with Crippen molar-refractivity contribution in [2.24, 2.45) is 0 Å². The van der Waals surface area contributed by atoms with Crippen molar-refractivity contribution in [1.29, 1.82) is 0 Å². The zero-order valence-corrected chi connectivity index (χ0v) is 17.1. The van der Waals surface area contributed by atoms with Crippen molar-refractivity contribution in [3.8, 4) is 11.5 Å². The van der Waals surface area contributed by atoms with E-state index in [4.69, 9.17) is 5.11 Å². The molecule has 1 aromatic carbocycles. The normalized spacial score (nSPS) is 14.2. The number of allylic oxidation sites excluding steroid dienone is 4. The number of benzene rings is 1. The van der Waals surface area contributed by atoms with Gasteiger partial charge in [0.15, 0.2) is 11.5 Å². The highest BCUT2D eigenvalue weighted by atomic mass is 16.4. The van der Waals surface area contributed by atoms with E-state index in [1.54, 1.807) is 13.8 Å². The van der Waals surface area contributed by atoms with Gasteiger partial charge in [0.1, 0.15) is 0 Å². The molecule has 0 aliphatic rings.